The quantitative estimate of drug-likeness (QED) is 0.402. The zero-order valence-electron chi connectivity index (χ0n) is 16.3. The van der Waals surface area contributed by atoms with Gasteiger partial charge in [0, 0.05) is 38.3 Å². The van der Waals surface area contributed by atoms with Gasteiger partial charge in [0.25, 0.3) is 0 Å². The first-order valence-corrected chi connectivity index (χ1v) is 9.30. The van der Waals surface area contributed by atoms with Crippen molar-refractivity contribution in [2.24, 2.45) is 0 Å². The fourth-order valence-electron chi connectivity index (χ4n) is 3.40. The lowest BCUT2D eigenvalue weighted by atomic mass is 10.1. The van der Waals surface area contributed by atoms with Crippen LogP contribution in [0.3, 0.4) is 0 Å². The zero-order chi connectivity index (χ0) is 20.8. The van der Waals surface area contributed by atoms with Crippen LogP contribution >= 0.6 is 0 Å². The summed E-state index contributed by atoms with van der Waals surface area (Å²) in [7, 11) is 0.990. The number of carbonyl (C=O) groups excluding carboxylic acids is 2. The summed E-state index contributed by atoms with van der Waals surface area (Å²) in [4.78, 5) is 28.3. The summed E-state index contributed by atoms with van der Waals surface area (Å²) in [5, 5.41) is 0. The molecule has 0 radical (unpaired) electrons. The van der Waals surface area contributed by atoms with E-state index in [2.05, 4.69) is 23.5 Å². The highest BCUT2D eigenvalue weighted by atomic mass is 19.2. The molecule has 5 nitrogen and oxygen atoms in total. The van der Waals surface area contributed by atoms with Crippen LogP contribution in [0.2, 0.25) is 0 Å². The molecule has 1 aliphatic rings. The number of hydrogen-bond donors (Lipinski definition) is 0. The first kappa shape index (κ1) is 21.9. The van der Waals surface area contributed by atoms with E-state index < -0.39 is 40.5 Å². The molecule has 0 aliphatic carbocycles. The third-order valence-electron chi connectivity index (χ3n) is 5.05. The van der Waals surface area contributed by atoms with E-state index in [4.69, 9.17) is 0 Å². The number of hydrogen-bond acceptors (Lipinski definition) is 4. The van der Waals surface area contributed by atoms with Crippen molar-refractivity contribution < 1.29 is 27.5 Å². The van der Waals surface area contributed by atoms with Crippen LogP contribution in [0.1, 0.15) is 37.0 Å². The number of carbonyl (C=O) groups is 2. The van der Waals surface area contributed by atoms with Gasteiger partial charge in [-0.3, -0.25) is 14.5 Å². The monoisotopic (exact) mass is 398 g/mol. The minimum Gasteiger partial charge on any atom is -0.491 e. The summed E-state index contributed by atoms with van der Waals surface area (Å²) in [5.41, 5.74) is -0.793. The summed E-state index contributed by atoms with van der Waals surface area (Å²) >= 11 is 0. The van der Waals surface area contributed by atoms with Crippen LogP contribution in [-0.2, 0) is 4.79 Å². The summed E-state index contributed by atoms with van der Waals surface area (Å²) in [6.07, 6.45) is 3.92. The van der Waals surface area contributed by atoms with Crippen LogP contribution in [0, 0.1) is 17.5 Å². The second-order valence-corrected chi connectivity index (χ2v) is 6.60. The van der Waals surface area contributed by atoms with E-state index >= 15 is 0 Å². The molecular formula is C20H25F3N2O3. The highest BCUT2D eigenvalue weighted by molar-refractivity contribution is 6.07. The summed E-state index contributed by atoms with van der Waals surface area (Å²) in [6.45, 7) is 6.78. The summed E-state index contributed by atoms with van der Waals surface area (Å²) in [5.74, 6) is -6.58. The average molecular weight is 398 g/mol. The molecule has 1 amide bonds. The van der Waals surface area contributed by atoms with Crippen molar-refractivity contribution >= 4 is 11.7 Å². The molecular weight excluding hydrogens is 373 g/mol. The largest absolute Gasteiger partial charge is 0.491 e. The molecule has 8 heteroatoms. The fraction of sp³-hybridized carbons (Fsp3) is 0.500. The minimum atomic E-state index is -1.58. The molecule has 0 aromatic heterocycles. The molecule has 1 saturated heterocycles. The van der Waals surface area contributed by atoms with Crippen molar-refractivity contribution in [1.82, 2.24) is 9.80 Å². The fourth-order valence-corrected chi connectivity index (χ4v) is 3.40. The minimum absolute atomic E-state index is 0.396. The highest BCUT2D eigenvalue weighted by Crippen LogP contribution is 2.26. The van der Waals surface area contributed by atoms with Gasteiger partial charge in [0.1, 0.15) is 0 Å². The predicted octanol–water partition coefficient (Wildman–Crippen LogP) is 3.18. The second kappa shape index (κ2) is 9.73. The average Bonchev–Trinajstić information content (AvgIpc) is 2.70. The molecule has 1 aromatic carbocycles. The van der Waals surface area contributed by atoms with E-state index in [1.165, 1.54) is 0 Å². The lowest BCUT2D eigenvalue weighted by molar-refractivity contribution is -0.128. The van der Waals surface area contributed by atoms with Crippen molar-refractivity contribution in [3.63, 3.8) is 0 Å². The molecule has 0 saturated carbocycles. The number of ketones is 1. The maximum atomic E-state index is 14.0. The Morgan fingerprint density at radius 3 is 2.21 bits per heavy atom. The van der Waals surface area contributed by atoms with E-state index in [1.54, 1.807) is 4.90 Å². The third kappa shape index (κ3) is 4.73. The Labute approximate surface area is 162 Å². The van der Waals surface area contributed by atoms with Gasteiger partial charge in [-0.05, 0) is 25.0 Å². The molecule has 0 atom stereocenters. The molecule has 0 bridgehead atoms. The molecule has 154 valence electrons. The van der Waals surface area contributed by atoms with Crippen molar-refractivity contribution in [3.05, 3.63) is 41.2 Å². The topological polar surface area (TPSA) is 49.9 Å². The second-order valence-electron chi connectivity index (χ2n) is 6.60. The van der Waals surface area contributed by atoms with Crippen molar-refractivity contribution in [1.29, 1.82) is 0 Å². The van der Waals surface area contributed by atoms with Crippen LogP contribution in [0.4, 0.5) is 13.2 Å². The van der Waals surface area contributed by atoms with Gasteiger partial charge in [-0.2, -0.15) is 4.39 Å². The Morgan fingerprint density at radius 2 is 1.68 bits per heavy atom. The first-order chi connectivity index (χ1) is 13.3. The maximum Gasteiger partial charge on any atom is 0.246 e. The predicted molar refractivity (Wildman–Crippen MR) is 98.9 cm³/mol. The van der Waals surface area contributed by atoms with Crippen molar-refractivity contribution in [2.45, 2.75) is 32.7 Å². The molecule has 1 fully saturated rings. The van der Waals surface area contributed by atoms with Gasteiger partial charge < -0.3 is 9.64 Å². The standard InChI is InChI=1S/C20H25F3N2O3/c1-4-13(5-2)24-8-10-25(11-9-24)17(27)7-6-16(26)14-12-15(21)20(28-3)19(23)18(14)22/h6-7,12-13H,4-5,8-11H2,1-3H3. The van der Waals surface area contributed by atoms with Gasteiger partial charge in [-0.15, -0.1) is 0 Å². The molecule has 1 aliphatic heterocycles. The number of methoxy groups -OCH3 is 1. The van der Waals surface area contributed by atoms with Crippen molar-refractivity contribution in [2.75, 3.05) is 33.3 Å². The maximum absolute atomic E-state index is 14.0. The molecule has 28 heavy (non-hydrogen) atoms. The molecule has 0 unspecified atom stereocenters. The Kier molecular flexibility index (Phi) is 7.62. The highest BCUT2D eigenvalue weighted by Gasteiger charge is 2.25. The van der Waals surface area contributed by atoms with Crippen LogP contribution < -0.4 is 4.74 Å². The van der Waals surface area contributed by atoms with E-state index in [-0.39, 0.29) is 0 Å². The van der Waals surface area contributed by atoms with Gasteiger partial charge in [-0.25, -0.2) is 8.78 Å². The van der Waals surface area contributed by atoms with E-state index in [9.17, 15) is 22.8 Å². The number of benzene rings is 1. The van der Waals surface area contributed by atoms with Gasteiger partial charge in [0.05, 0.1) is 12.7 Å². The van der Waals surface area contributed by atoms with E-state index in [1.807, 2.05) is 0 Å². The third-order valence-corrected chi connectivity index (χ3v) is 5.05. The molecule has 2 rings (SSSR count). The van der Waals surface area contributed by atoms with Crippen LogP contribution in [0.15, 0.2) is 18.2 Å². The Morgan fingerprint density at radius 1 is 1.07 bits per heavy atom. The van der Waals surface area contributed by atoms with Crippen LogP contribution in [0.5, 0.6) is 5.75 Å². The Balaban J connectivity index is 2.03. The van der Waals surface area contributed by atoms with Gasteiger partial charge in [-0.1, -0.05) is 13.8 Å². The van der Waals surface area contributed by atoms with E-state index in [0.717, 1.165) is 45.2 Å². The number of amides is 1. The zero-order valence-corrected chi connectivity index (χ0v) is 16.3. The number of nitrogens with zero attached hydrogens (tertiary/aromatic N) is 2. The molecule has 0 N–H and O–H groups in total. The number of piperazine rings is 1. The normalized spacial score (nSPS) is 15.5. The van der Waals surface area contributed by atoms with Crippen LogP contribution in [-0.4, -0.2) is 60.8 Å². The summed E-state index contributed by atoms with van der Waals surface area (Å²) in [6, 6.07) is 1.04. The Hall–Kier alpha value is -2.35. The molecule has 0 spiro atoms. The number of allylic oxidation sites excluding steroid dienone is 1. The first-order valence-electron chi connectivity index (χ1n) is 9.30. The number of ether oxygens (including phenoxy) is 1. The lowest BCUT2D eigenvalue weighted by Gasteiger charge is -2.38. The SMILES string of the molecule is CCC(CC)N1CCN(C(=O)C=CC(=O)c2cc(F)c(OC)c(F)c2F)CC1. The van der Waals surface area contributed by atoms with Crippen LogP contribution in [0.25, 0.3) is 0 Å². The van der Waals surface area contributed by atoms with Crippen molar-refractivity contribution in [3.8, 4) is 5.75 Å². The van der Waals surface area contributed by atoms with Gasteiger partial charge in [0.2, 0.25) is 11.7 Å². The molecule has 1 aromatic rings. The summed E-state index contributed by atoms with van der Waals surface area (Å²) < 4.78 is 45.8. The number of halogens is 3. The number of rotatable bonds is 7. The Bertz CT molecular complexity index is 756. The smallest absolute Gasteiger partial charge is 0.246 e. The van der Waals surface area contributed by atoms with E-state index in [0.29, 0.717) is 25.2 Å². The van der Waals surface area contributed by atoms with Gasteiger partial charge in [0.15, 0.2) is 23.2 Å². The lowest BCUT2D eigenvalue weighted by Crippen LogP contribution is -2.51. The molecule has 1 heterocycles. The van der Waals surface area contributed by atoms with Gasteiger partial charge >= 0.3 is 0 Å².